The standard InChI is InChI=1S/C21H23N5O4/c1-14-10-18(15(2)25(14)11-16-6-5-9-29-16)20(27)12-30-21(28)17-7-3-4-8-19(17)26-13-22-23-24-26/h3-4,7-8,10,13,16H,5-6,9,11-12H2,1-2H3/t16-/m0/s1. The molecule has 0 N–H and O–H groups in total. The predicted molar refractivity (Wildman–Crippen MR) is 107 cm³/mol. The number of hydrogen-bond acceptors (Lipinski definition) is 7. The van der Waals surface area contributed by atoms with Crippen molar-refractivity contribution in [1.29, 1.82) is 0 Å². The van der Waals surface area contributed by atoms with Crippen LogP contribution in [0.5, 0.6) is 0 Å². The minimum atomic E-state index is -0.609. The van der Waals surface area contributed by atoms with E-state index in [0.717, 1.165) is 37.4 Å². The number of aromatic nitrogens is 5. The Morgan fingerprint density at radius 2 is 2.07 bits per heavy atom. The molecule has 2 aromatic heterocycles. The monoisotopic (exact) mass is 409 g/mol. The molecule has 30 heavy (non-hydrogen) atoms. The SMILES string of the molecule is Cc1cc(C(=O)COC(=O)c2ccccc2-n2cnnn2)c(C)n1C[C@@H]1CCCO1. The number of hydrogen-bond donors (Lipinski definition) is 0. The average Bonchev–Trinajstić information content (AvgIpc) is 3.51. The molecule has 0 amide bonds. The molecule has 0 aliphatic carbocycles. The van der Waals surface area contributed by atoms with Gasteiger partial charge in [-0.25, -0.2) is 4.79 Å². The maximum atomic E-state index is 12.8. The first-order valence-electron chi connectivity index (χ1n) is 9.85. The molecular weight excluding hydrogens is 386 g/mol. The fourth-order valence-electron chi connectivity index (χ4n) is 3.76. The van der Waals surface area contributed by atoms with E-state index < -0.39 is 5.97 Å². The van der Waals surface area contributed by atoms with Gasteiger partial charge in [0.15, 0.2) is 6.61 Å². The lowest BCUT2D eigenvalue weighted by atomic mass is 10.1. The first-order chi connectivity index (χ1) is 14.5. The van der Waals surface area contributed by atoms with Gasteiger partial charge in [0.1, 0.15) is 6.33 Å². The highest BCUT2D eigenvalue weighted by Crippen LogP contribution is 2.21. The first-order valence-corrected chi connectivity index (χ1v) is 9.85. The summed E-state index contributed by atoms with van der Waals surface area (Å²) in [7, 11) is 0. The van der Waals surface area contributed by atoms with Crippen LogP contribution in [0.3, 0.4) is 0 Å². The number of para-hydroxylation sites is 1. The van der Waals surface area contributed by atoms with Crippen LogP contribution in [0.25, 0.3) is 5.69 Å². The third-order valence-corrected chi connectivity index (χ3v) is 5.34. The van der Waals surface area contributed by atoms with E-state index in [0.29, 0.717) is 11.3 Å². The number of carbonyl (C=O) groups is 2. The van der Waals surface area contributed by atoms with Crippen LogP contribution in [0.15, 0.2) is 36.7 Å². The lowest BCUT2D eigenvalue weighted by Gasteiger charge is -2.14. The van der Waals surface area contributed by atoms with Crippen molar-refractivity contribution in [1.82, 2.24) is 24.8 Å². The highest BCUT2D eigenvalue weighted by atomic mass is 16.5. The smallest absolute Gasteiger partial charge is 0.340 e. The van der Waals surface area contributed by atoms with Gasteiger partial charge in [-0.15, -0.1) is 5.10 Å². The van der Waals surface area contributed by atoms with Gasteiger partial charge in [0, 0.05) is 30.1 Å². The van der Waals surface area contributed by atoms with Gasteiger partial charge < -0.3 is 14.0 Å². The first kappa shape index (κ1) is 20.0. The molecule has 0 saturated carbocycles. The topological polar surface area (TPSA) is 101 Å². The molecule has 0 unspecified atom stereocenters. The van der Waals surface area contributed by atoms with Gasteiger partial charge in [-0.1, -0.05) is 12.1 Å². The number of benzene rings is 1. The summed E-state index contributed by atoms with van der Waals surface area (Å²) in [6, 6.07) is 8.63. The van der Waals surface area contributed by atoms with Gasteiger partial charge in [0.05, 0.1) is 17.4 Å². The van der Waals surface area contributed by atoms with Crippen molar-refractivity contribution >= 4 is 11.8 Å². The van der Waals surface area contributed by atoms with Crippen molar-refractivity contribution in [2.45, 2.75) is 39.3 Å². The second-order valence-corrected chi connectivity index (χ2v) is 7.30. The Hall–Kier alpha value is -3.33. The summed E-state index contributed by atoms with van der Waals surface area (Å²) >= 11 is 0. The normalized spacial score (nSPS) is 16.0. The Bertz CT molecular complexity index is 1050. The number of carbonyl (C=O) groups excluding carboxylic acids is 2. The number of rotatable bonds is 7. The molecule has 1 aromatic carbocycles. The molecule has 0 radical (unpaired) electrons. The van der Waals surface area contributed by atoms with E-state index in [9.17, 15) is 9.59 Å². The van der Waals surface area contributed by atoms with Gasteiger partial charge in [-0.3, -0.25) is 4.79 Å². The molecule has 3 aromatic rings. The fourth-order valence-corrected chi connectivity index (χ4v) is 3.76. The van der Waals surface area contributed by atoms with Gasteiger partial charge in [-0.05, 0) is 55.3 Å². The molecule has 9 nitrogen and oxygen atoms in total. The zero-order valence-corrected chi connectivity index (χ0v) is 16.9. The molecule has 4 rings (SSSR count). The highest BCUT2D eigenvalue weighted by Gasteiger charge is 2.22. The van der Waals surface area contributed by atoms with E-state index in [2.05, 4.69) is 20.1 Å². The molecule has 1 aliphatic heterocycles. The summed E-state index contributed by atoms with van der Waals surface area (Å²) in [6.07, 6.45) is 3.66. The van der Waals surface area contributed by atoms with E-state index in [-0.39, 0.29) is 24.1 Å². The second kappa shape index (κ2) is 8.58. The predicted octanol–water partition coefficient (Wildman–Crippen LogP) is 2.30. The number of aryl methyl sites for hydroxylation is 1. The number of ketones is 1. The number of esters is 1. The zero-order valence-electron chi connectivity index (χ0n) is 16.9. The minimum absolute atomic E-state index is 0.179. The van der Waals surface area contributed by atoms with Gasteiger partial charge in [-0.2, -0.15) is 4.68 Å². The van der Waals surface area contributed by atoms with Gasteiger partial charge in [0.25, 0.3) is 0 Å². The Labute approximate surface area is 173 Å². The summed E-state index contributed by atoms with van der Waals surface area (Å²) in [6.45, 7) is 5.05. The molecule has 0 bridgehead atoms. The Kier molecular flexibility index (Phi) is 5.71. The third-order valence-electron chi connectivity index (χ3n) is 5.34. The Morgan fingerprint density at radius 1 is 1.23 bits per heavy atom. The van der Waals surface area contributed by atoms with Crippen molar-refractivity contribution < 1.29 is 19.1 Å². The zero-order chi connectivity index (χ0) is 21.1. The summed E-state index contributed by atoms with van der Waals surface area (Å²) in [5.74, 6) is -0.849. The fraction of sp³-hybridized carbons (Fsp3) is 0.381. The van der Waals surface area contributed by atoms with Crippen LogP contribution < -0.4 is 0 Å². The summed E-state index contributed by atoms with van der Waals surface area (Å²) in [5.41, 5.74) is 3.17. The van der Waals surface area contributed by atoms with Crippen molar-refractivity contribution in [2.75, 3.05) is 13.2 Å². The summed E-state index contributed by atoms with van der Waals surface area (Å²) in [4.78, 5) is 25.4. The van der Waals surface area contributed by atoms with Crippen LogP contribution in [0.4, 0.5) is 0 Å². The molecule has 1 aliphatic rings. The number of tetrazole rings is 1. The number of ether oxygens (including phenoxy) is 2. The lowest BCUT2D eigenvalue weighted by molar-refractivity contribution is 0.0474. The summed E-state index contributed by atoms with van der Waals surface area (Å²) < 4.78 is 14.5. The number of nitrogens with zero attached hydrogens (tertiary/aromatic N) is 5. The molecule has 0 spiro atoms. The molecule has 1 fully saturated rings. The molecule has 1 atom stereocenters. The second-order valence-electron chi connectivity index (χ2n) is 7.30. The van der Waals surface area contributed by atoms with Gasteiger partial charge in [0.2, 0.25) is 5.78 Å². The Morgan fingerprint density at radius 3 is 2.80 bits per heavy atom. The lowest BCUT2D eigenvalue weighted by Crippen LogP contribution is -2.18. The van der Waals surface area contributed by atoms with Crippen LogP contribution >= 0.6 is 0 Å². The van der Waals surface area contributed by atoms with Crippen molar-refractivity contribution in [2.24, 2.45) is 0 Å². The van der Waals surface area contributed by atoms with Crippen LogP contribution in [-0.4, -0.2) is 55.8 Å². The molecule has 3 heterocycles. The Balaban J connectivity index is 1.45. The van der Waals surface area contributed by atoms with Crippen LogP contribution in [0.2, 0.25) is 0 Å². The minimum Gasteiger partial charge on any atom is -0.454 e. The maximum absolute atomic E-state index is 12.8. The highest BCUT2D eigenvalue weighted by molar-refractivity contribution is 6.01. The van der Waals surface area contributed by atoms with Crippen molar-refractivity contribution in [3.63, 3.8) is 0 Å². The van der Waals surface area contributed by atoms with E-state index in [1.54, 1.807) is 24.3 Å². The number of Topliss-reactive ketones (excluding diaryl/α,β-unsaturated/α-hetero) is 1. The largest absolute Gasteiger partial charge is 0.454 e. The van der Waals surface area contributed by atoms with E-state index in [4.69, 9.17) is 9.47 Å². The van der Waals surface area contributed by atoms with E-state index >= 15 is 0 Å². The molecule has 1 saturated heterocycles. The van der Waals surface area contributed by atoms with E-state index in [1.165, 1.54) is 11.0 Å². The molecule has 156 valence electrons. The quantitative estimate of drug-likeness (QED) is 0.436. The molecular formula is C21H23N5O4. The van der Waals surface area contributed by atoms with E-state index in [1.807, 2.05) is 19.9 Å². The maximum Gasteiger partial charge on any atom is 0.340 e. The molecule has 9 heteroatoms. The van der Waals surface area contributed by atoms with Crippen molar-refractivity contribution in [3.05, 3.63) is 59.2 Å². The van der Waals surface area contributed by atoms with Crippen molar-refractivity contribution in [3.8, 4) is 5.69 Å². The third kappa shape index (κ3) is 4.02. The average molecular weight is 409 g/mol. The summed E-state index contributed by atoms with van der Waals surface area (Å²) in [5, 5.41) is 11.0. The van der Waals surface area contributed by atoms with Crippen LogP contribution in [-0.2, 0) is 16.0 Å². The van der Waals surface area contributed by atoms with Gasteiger partial charge >= 0.3 is 5.97 Å². The van der Waals surface area contributed by atoms with Crippen LogP contribution in [0, 0.1) is 13.8 Å². The van der Waals surface area contributed by atoms with Crippen LogP contribution in [0.1, 0.15) is 44.9 Å².